The van der Waals surface area contributed by atoms with Crippen LogP contribution >= 0.6 is 0 Å². The second-order valence-corrected chi connectivity index (χ2v) is 6.15. The molecule has 0 spiro atoms. The highest BCUT2D eigenvalue weighted by Gasteiger charge is 2.25. The summed E-state index contributed by atoms with van der Waals surface area (Å²) in [5.41, 5.74) is 0. The molecular formula is C19H26N4O2. The van der Waals surface area contributed by atoms with Crippen molar-refractivity contribution in [2.45, 2.75) is 25.3 Å². The second-order valence-electron chi connectivity index (χ2n) is 6.15. The van der Waals surface area contributed by atoms with Crippen LogP contribution in [-0.2, 0) is 0 Å². The number of rotatable bonds is 9. The maximum absolute atomic E-state index is 5.74. The molecular weight excluding hydrogens is 316 g/mol. The van der Waals surface area contributed by atoms with E-state index < -0.39 is 0 Å². The molecule has 1 atom stereocenters. The van der Waals surface area contributed by atoms with Crippen LogP contribution in [0.4, 0.5) is 5.82 Å². The lowest BCUT2D eigenvalue weighted by atomic mass is 10.2. The van der Waals surface area contributed by atoms with Gasteiger partial charge in [-0.25, -0.2) is 0 Å². The van der Waals surface area contributed by atoms with E-state index in [0.717, 1.165) is 43.4 Å². The average molecular weight is 342 g/mol. The van der Waals surface area contributed by atoms with Crippen molar-refractivity contribution < 1.29 is 9.47 Å². The quantitative estimate of drug-likeness (QED) is 0.707. The summed E-state index contributed by atoms with van der Waals surface area (Å²) in [4.78, 5) is 2.36. The highest BCUT2D eigenvalue weighted by molar-refractivity contribution is 5.39. The molecule has 1 saturated heterocycles. The largest absolute Gasteiger partial charge is 0.497 e. The van der Waals surface area contributed by atoms with E-state index in [1.54, 1.807) is 13.3 Å². The van der Waals surface area contributed by atoms with Gasteiger partial charge in [0.1, 0.15) is 11.5 Å². The molecule has 1 aromatic heterocycles. The fourth-order valence-electron chi connectivity index (χ4n) is 3.12. The number of methoxy groups -OCH3 is 1. The molecule has 1 unspecified atom stereocenters. The number of benzene rings is 1. The first-order valence-electron chi connectivity index (χ1n) is 8.89. The van der Waals surface area contributed by atoms with Crippen LogP contribution in [0.2, 0.25) is 0 Å². The van der Waals surface area contributed by atoms with Crippen LogP contribution in [0.3, 0.4) is 0 Å². The van der Waals surface area contributed by atoms with Crippen molar-refractivity contribution >= 4 is 5.82 Å². The Balaban J connectivity index is 1.33. The zero-order valence-corrected chi connectivity index (χ0v) is 14.7. The topological polar surface area (TPSA) is 59.5 Å². The number of anilines is 1. The van der Waals surface area contributed by atoms with Crippen molar-refractivity contribution in [3.8, 4) is 11.5 Å². The zero-order chi connectivity index (χ0) is 17.3. The van der Waals surface area contributed by atoms with Gasteiger partial charge in [-0.15, -0.1) is 5.10 Å². The van der Waals surface area contributed by atoms with Gasteiger partial charge < -0.3 is 19.7 Å². The van der Waals surface area contributed by atoms with Gasteiger partial charge in [-0.05, 0) is 62.2 Å². The molecule has 0 radical (unpaired) electrons. The fourth-order valence-corrected chi connectivity index (χ4v) is 3.12. The van der Waals surface area contributed by atoms with Gasteiger partial charge in [0.15, 0.2) is 5.82 Å². The van der Waals surface area contributed by atoms with Crippen LogP contribution in [0.15, 0.2) is 42.6 Å². The molecule has 0 bridgehead atoms. The van der Waals surface area contributed by atoms with Gasteiger partial charge in [-0.2, -0.15) is 5.10 Å². The van der Waals surface area contributed by atoms with E-state index in [9.17, 15) is 0 Å². The van der Waals surface area contributed by atoms with Crippen LogP contribution in [0, 0.1) is 0 Å². The maximum atomic E-state index is 5.74. The third kappa shape index (κ3) is 5.06. The van der Waals surface area contributed by atoms with E-state index in [1.807, 2.05) is 36.4 Å². The minimum Gasteiger partial charge on any atom is -0.497 e. The van der Waals surface area contributed by atoms with E-state index in [0.29, 0.717) is 12.6 Å². The Labute approximate surface area is 149 Å². The third-order valence-corrected chi connectivity index (χ3v) is 4.44. The summed E-state index contributed by atoms with van der Waals surface area (Å²) in [6.07, 6.45) is 5.11. The lowest BCUT2D eigenvalue weighted by Crippen LogP contribution is -2.39. The van der Waals surface area contributed by atoms with Gasteiger partial charge in [0.05, 0.1) is 13.7 Å². The molecule has 2 heterocycles. The van der Waals surface area contributed by atoms with Gasteiger partial charge in [0, 0.05) is 25.3 Å². The monoisotopic (exact) mass is 342 g/mol. The molecule has 6 nitrogen and oxygen atoms in total. The Bertz CT molecular complexity index is 621. The van der Waals surface area contributed by atoms with Crippen LogP contribution in [0.5, 0.6) is 11.5 Å². The Morgan fingerprint density at radius 3 is 2.80 bits per heavy atom. The van der Waals surface area contributed by atoms with Crippen LogP contribution in [0.25, 0.3) is 0 Å². The molecule has 1 aromatic carbocycles. The standard InChI is InChI=1S/C19H26N4O2/c1-24-17-7-9-18(10-8-17)25-14-4-11-20-15-16-5-3-13-23(16)19-6-2-12-21-22-19/h2,6-10,12,16,20H,3-5,11,13-15H2,1H3. The molecule has 0 amide bonds. The Kier molecular flexibility index (Phi) is 6.45. The normalized spacial score (nSPS) is 16.8. The van der Waals surface area contributed by atoms with Crippen molar-refractivity contribution in [1.82, 2.24) is 15.5 Å². The minimum absolute atomic E-state index is 0.499. The summed E-state index contributed by atoms with van der Waals surface area (Å²) >= 11 is 0. The zero-order valence-electron chi connectivity index (χ0n) is 14.7. The summed E-state index contributed by atoms with van der Waals surface area (Å²) in [5, 5.41) is 11.8. The molecule has 134 valence electrons. The number of nitrogens with one attached hydrogen (secondary N) is 1. The number of ether oxygens (including phenoxy) is 2. The van der Waals surface area contributed by atoms with E-state index in [2.05, 4.69) is 20.4 Å². The molecule has 3 rings (SSSR count). The van der Waals surface area contributed by atoms with Gasteiger partial charge in [0.2, 0.25) is 0 Å². The molecule has 6 heteroatoms. The molecule has 0 saturated carbocycles. The first-order chi connectivity index (χ1) is 12.4. The summed E-state index contributed by atoms with van der Waals surface area (Å²) in [6, 6.07) is 12.2. The Hall–Kier alpha value is -2.34. The number of hydrogen-bond acceptors (Lipinski definition) is 6. The van der Waals surface area contributed by atoms with Crippen molar-refractivity contribution in [2.24, 2.45) is 0 Å². The predicted molar refractivity (Wildman–Crippen MR) is 98.4 cm³/mol. The van der Waals surface area contributed by atoms with E-state index >= 15 is 0 Å². The number of hydrogen-bond donors (Lipinski definition) is 1. The second kappa shape index (κ2) is 9.22. The van der Waals surface area contributed by atoms with Crippen LogP contribution in [0.1, 0.15) is 19.3 Å². The van der Waals surface area contributed by atoms with Gasteiger partial charge in [-0.1, -0.05) is 0 Å². The molecule has 1 N–H and O–H groups in total. The first-order valence-corrected chi connectivity index (χ1v) is 8.89. The SMILES string of the molecule is COc1ccc(OCCCNCC2CCCN2c2cccnn2)cc1. The summed E-state index contributed by atoms with van der Waals surface area (Å²) in [7, 11) is 1.66. The predicted octanol–water partition coefficient (Wildman–Crippen LogP) is 2.51. The van der Waals surface area contributed by atoms with Crippen LogP contribution < -0.4 is 19.7 Å². The lowest BCUT2D eigenvalue weighted by molar-refractivity contribution is 0.307. The highest BCUT2D eigenvalue weighted by atomic mass is 16.5. The van der Waals surface area contributed by atoms with E-state index in [4.69, 9.17) is 9.47 Å². The Morgan fingerprint density at radius 2 is 2.04 bits per heavy atom. The van der Waals surface area contributed by atoms with Crippen molar-refractivity contribution in [1.29, 1.82) is 0 Å². The van der Waals surface area contributed by atoms with E-state index in [-0.39, 0.29) is 0 Å². The van der Waals surface area contributed by atoms with E-state index in [1.165, 1.54) is 12.8 Å². The lowest BCUT2D eigenvalue weighted by Gasteiger charge is -2.25. The first kappa shape index (κ1) is 17.5. The molecule has 0 aliphatic carbocycles. The molecule has 2 aromatic rings. The van der Waals surface area contributed by atoms with Crippen molar-refractivity contribution in [3.05, 3.63) is 42.6 Å². The summed E-state index contributed by atoms with van der Waals surface area (Å²) < 4.78 is 10.9. The van der Waals surface area contributed by atoms with Crippen molar-refractivity contribution in [2.75, 3.05) is 38.3 Å². The molecule has 1 aliphatic rings. The highest BCUT2D eigenvalue weighted by Crippen LogP contribution is 2.22. The van der Waals surface area contributed by atoms with Gasteiger partial charge in [0.25, 0.3) is 0 Å². The fraction of sp³-hybridized carbons (Fsp3) is 0.474. The maximum Gasteiger partial charge on any atom is 0.151 e. The Morgan fingerprint density at radius 1 is 1.20 bits per heavy atom. The molecule has 1 fully saturated rings. The van der Waals surface area contributed by atoms with Gasteiger partial charge >= 0.3 is 0 Å². The smallest absolute Gasteiger partial charge is 0.151 e. The summed E-state index contributed by atoms with van der Waals surface area (Å²) in [5.74, 6) is 2.71. The molecule has 25 heavy (non-hydrogen) atoms. The number of nitrogens with zero attached hydrogens (tertiary/aromatic N) is 3. The molecule has 1 aliphatic heterocycles. The van der Waals surface area contributed by atoms with Crippen LogP contribution in [-0.4, -0.2) is 49.6 Å². The average Bonchev–Trinajstić information content (AvgIpc) is 3.14. The number of aromatic nitrogens is 2. The minimum atomic E-state index is 0.499. The van der Waals surface area contributed by atoms with Gasteiger partial charge in [-0.3, -0.25) is 0 Å². The van der Waals surface area contributed by atoms with Crippen molar-refractivity contribution in [3.63, 3.8) is 0 Å². The summed E-state index contributed by atoms with van der Waals surface area (Å²) in [6.45, 7) is 3.68. The third-order valence-electron chi connectivity index (χ3n) is 4.44.